The molecule has 2 aliphatic heterocycles. The Labute approximate surface area is 141 Å². The number of carbonyl (C=O) groups is 1. The van der Waals surface area contributed by atoms with Gasteiger partial charge in [0.15, 0.2) is 11.5 Å². The van der Waals surface area contributed by atoms with Gasteiger partial charge in [-0.1, -0.05) is 18.2 Å². The predicted molar refractivity (Wildman–Crippen MR) is 91.7 cm³/mol. The molecule has 0 saturated heterocycles. The SMILES string of the molecule is COc1cc2c(cc1OC)[C@H]1c3ccccc3NC(=O)CN1CC2. The molecular weight excluding hydrogens is 304 g/mol. The molecule has 4 rings (SSSR count). The molecule has 0 spiro atoms. The van der Waals surface area contributed by atoms with Gasteiger partial charge in [-0.15, -0.1) is 0 Å². The number of amides is 1. The van der Waals surface area contributed by atoms with E-state index in [2.05, 4.69) is 28.4 Å². The van der Waals surface area contributed by atoms with Gasteiger partial charge in [0.05, 0.1) is 26.8 Å². The largest absolute Gasteiger partial charge is 0.493 e. The average Bonchev–Trinajstić information content (AvgIpc) is 2.75. The number of nitrogens with zero attached hydrogens (tertiary/aromatic N) is 1. The molecule has 5 nitrogen and oxygen atoms in total. The Morgan fingerprint density at radius 2 is 1.83 bits per heavy atom. The van der Waals surface area contributed by atoms with Crippen LogP contribution < -0.4 is 14.8 Å². The lowest BCUT2D eigenvalue weighted by Gasteiger charge is -2.36. The van der Waals surface area contributed by atoms with Gasteiger partial charge >= 0.3 is 0 Å². The highest BCUT2D eigenvalue weighted by atomic mass is 16.5. The number of ether oxygens (including phenoxy) is 2. The third-order valence-electron chi connectivity index (χ3n) is 4.85. The first kappa shape index (κ1) is 15.0. The third kappa shape index (κ3) is 2.32. The molecule has 0 aromatic heterocycles. The van der Waals surface area contributed by atoms with Gasteiger partial charge in [-0.05, 0) is 41.3 Å². The summed E-state index contributed by atoms with van der Waals surface area (Å²) in [5.74, 6) is 1.51. The molecule has 0 fully saturated rings. The Bertz CT molecular complexity index is 803. The maximum Gasteiger partial charge on any atom is 0.238 e. The van der Waals surface area contributed by atoms with E-state index in [0.717, 1.165) is 35.7 Å². The summed E-state index contributed by atoms with van der Waals surface area (Å²) in [6.45, 7) is 1.24. The summed E-state index contributed by atoms with van der Waals surface area (Å²) in [5.41, 5.74) is 4.44. The Hall–Kier alpha value is -2.53. The van der Waals surface area contributed by atoms with Crippen LogP contribution in [-0.2, 0) is 11.2 Å². The second-order valence-electron chi connectivity index (χ2n) is 6.16. The van der Waals surface area contributed by atoms with Crippen LogP contribution in [0.15, 0.2) is 36.4 Å². The van der Waals surface area contributed by atoms with Crippen LogP contribution in [0, 0.1) is 0 Å². The van der Waals surface area contributed by atoms with Crippen molar-refractivity contribution in [1.82, 2.24) is 4.90 Å². The zero-order valence-electron chi connectivity index (χ0n) is 13.8. The molecule has 1 N–H and O–H groups in total. The quantitative estimate of drug-likeness (QED) is 0.922. The van der Waals surface area contributed by atoms with E-state index in [1.807, 2.05) is 18.2 Å². The van der Waals surface area contributed by atoms with Crippen molar-refractivity contribution in [1.29, 1.82) is 0 Å². The molecule has 5 heteroatoms. The van der Waals surface area contributed by atoms with Crippen molar-refractivity contribution in [3.8, 4) is 11.5 Å². The van der Waals surface area contributed by atoms with Crippen molar-refractivity contribution in [2.24, 2.45) is 0 Å². The zero-order chi connectivity index (χ0) is 16.7. The van der Waals surface area contributed by atoms with Gasteiger partial charge in [-0.25, -0.2) is 0 Å². The van der Waals surface area contributed by atoms with E-state index in [1.54, 1.807) is 14.2 Å². The van der Waals surface area contributed by atoms with Gasteiger partial charge in [0.2, 0.25) is 5.91 Å². The van der Waals surface area contributed by atoms with Crippen LogP contribution in [0.5, 0.6) is 11.5 Å². The van der Waals surface area contributed by atoms with E-state index in [1.165, 1.54) is 11.1 Å². The Kier molecular flexibility index (Phi) is 3.65. The monoisotopic (exact) mass is 324 g/mol. The summed E-state index contributed by atoms with van der Waals surface area (Å²) in [5, 5.41) is 3.02. The number of rotatable bonds is 2. The maximum absolute atomic E-state index is 12.2. The summed E-state index contributed by atoms with van der Waals surface area (Å²) in [6.07, 6.45) is 0.891. The van der Waals surface area contributed by atoms with Crippen LogP contribution in [0.1, 0.15) is 22.7 Å². The maximum atomic E-state index is 12.2. The lowest BCUT2D eigenvalue weighted by Crippen LogP contribution is -2.38. The first-order valence-electron chi connectivity index (χ1n) is 8.09. The molecule has 0 unspecified atom stereocenters. The lowest BCUT2D eigenvalue weighted by atomic mass is 9.87. The van der Waals surface area contributed by atoms with Gasteiger partial charge < -0.3 is 14.8 Å². The van der Waals surface area contributed by atoms with Gasteiger partial charge in [-0.3, -0.25) is 9.69 Å². The third-order valence-corrected chi connectivity index (χ3v) is 4.85. The molecule has 0 radical (unpaired) electrons. The zero-order valence-corrected chi connectivity index (χ0v) is 13.8. The number of carbonyl (C=O) groups excluding carboxylic acids is 1. The molecule has 0 aliphatic carbocycles. The molecular formula is C19H20N2O3. The number of hydrogen-bond acceptors (Lipinski definition) is 4. The second-order valence-corrected chi connectivity index (χ2v) is 6.16. The number of fused-ring (bicyclic) bond motifs is 5. The fourth-order valence-electron chi connectivity index (χ4n) is 3.76. The topological polar surface area (TPSA) is 50.8 Å². The first-order chi connectivity index (χ1) is 11.7. The van der Waals surface area contributed by atoms with Crippen LogP contribution in [0.3, 0.4) is 0 Å². The van der Waals surface area contributed by atoms with Gasteiger partial charge in [-0.2, -0.15) is 0 Å². The van der Waals surface area contributed by atoms with Gasteiger partial charge in [0, 0.05) is 12.2 Å². The lowest BCUT2D eigenvalue weighted by molar-refractivity contribution is -0.117. The predicted octanol–water partition coefficient (Wildman–Crippen LogP) is 2.60. The first-order valence-corrected chi connectivity index (χ1v) is 8.09. The highest BCUT2D eigenvalue weighted by Gasteiger charge is 2.34. The minimum absolute atomic E-state index is 0.0360. The van der Waals surface area contributed by atoms with Crippen LogP contribution in [-0.4, -0.2) is 38.1 Å². The average molecular weight is 324 g/mol. The van der Waals surface area contributed by atoms with Crippen molar-refractivity contribution in [3.63, 3.8) is 0 Å². The standard InChI is InChI=1S/C19H20N2O3/c1-23-16-9-12-7-8-21-11-18(22)20-15-6-4-3-5-13(15)19(21)14(12)10-17(16)24-2/h3-6,9-10,19H,7-8,11H2,1-2H3,(H,20,22)/t19-/m1/s1. The molecule has 24 heavy (non-hydrogen) atoms. The second kappa shape index (κ2) is 5.83. The number of anilines is 1. The van der Waals surface area contributed by atoms with Gasteiger partial charge in [0.1, 0.15) is 0 Å². The van der Waals surface area contributed by atoms with Crippen LogP contribution in [0.25, 0.3) is 0 Å². The summed E-state index contributed by atoms with van der Waals surface area (Å²) >= 11 is 0. The van der Waals surface area contributed by atoms with E-state index in [-0.39, 0.29) is 11.9 Å². The van der Waals surface area contributed by atoms with E-state index in [0.29, 0.717) is 6.54 Å². The number of nitrogens with one attached hydrogen (secondary N) is 1. The van der Waals surface area contributed by atoms with Crippen molar-refractivity contribution in [3.05, 3.63) is 53.1 Å². The molecule has 0 bridgehead atoms. The Morgan fingerprint density at radius 1 is 1.08 bits per heavy atom. The minimum atomic E-state index is 0.0360. The summed E-state index contributed by atoms with van der Waals surface area (Å²) in [4.78, 5) is 14.5. The number of methoxy groups -OCH3 is 2. The van der Waals surface area contributed by atoms with Crippen LogP contribution in [0.2, 0.25) is 0 Å². The summed E-state index contributed by atoms with van der Waals surface area (Å²) in [7, 11) is 3.31. The molecule has 2 aromatic carbocycles. The minimum Gasteiger partial charge on any atom is -0.493 e. The van der Waals surface area contributed by atoms with Crippen LogP contribution in [0.4, 0.5) is 5.69 Å². The smallest absolute Gasteiger partial charge is 0.238 e. The summed E-state index contributed by atoms with van der Waals surface area (Å²) < 4.78 is 10.9. The highest BCUT2D eigenvalue weighted by molar-refractivity contribution is 5.94. The molecule has 2 heterocycles. The molecule has 2 aliphatic rings. The van der Waals surface area contributed by atoms with Crippen LogP contribution >= 0.6 is 0 Å². The van der Waals surface area contributed by atoms with Crippen molar-refractivity contribution < 1.29 is 14.3 Å². The Morgan fingerprint density at radius 3 is 2.62 bits per heavy atom. The molecule has 124 valence electrons. The number of para-hydroxylation sites is 1. The molecule has 1 amide bonds. The number of hydrogen-bond donors (Lipinski definition) is 1. The van der Waals surface area contributed by atoms with Crippen molar-refractivity contribution >= 4 is 11.6 Å². The fourth-order valence-corrected chi connectivity index (χ4v) is 3.76. The molecule has 2 aromatic rings. The molecule has 0 saturated carbocycles. The van der Waals surface area contributed by atoms with Crippen molar-refractivity contribution in [2.75, 3.05) is 32.6 Å². The highest BCUT2D eigenvalue weighted by Crippen LogP contribution is 2.43. The number of benzene rings is 2. The fraction of sp³-hybridized carbons (Fsp3) is 0.316. The van der Waals surface area contributed by atoms with E-state index in [4.69, 9.17) is 9.47 Å². The Balaban J connectivity index is 1.91. The van der Waals surface area contributed by atoms with E-state index in [9.17, 15) is 4.79 Å². The van der Waals surface area contributed by atoms with Crippen molar-refractivity contribution in [2.45, 2.75) is 12.5 Å². The normalized spacial score (nSPS) is 19.4. The summed E-state index contributed by atoms with van der Waals surface area (Å²) in [6, 6.07) is 12.2. The van der Waals surface area contributed by atoms with Gasteiger partial charge in [0.25, 0.3) is 0 Å². The van der Waals surface area contributed by atoms with E-state index < -0.39 is 0 Å². The molecule has 1 atom stereocenters. The van der Waals surface area contributed by atoms with E-state index >= 15 is 0 Å².